The summed E-state index contributed by atoms with van der Waals surface area (Å²) in [4.78, 5) is -0.0771. The van der Waals surface area contributed by atoms with Crippen molar-refractivity contribution in [1.29, 1.82) is 5.26 Å². The molecule has 0 aliphatic heterocycles. The van der Waals surface area contributed by atoms with Crippen LogP contribution in [0.2, 0.25) is 0 Å². The molecule has 0 radical (unpaired) electrons. The quantitative estimate of drug-likeness (QED) is 0.790. The van der Waals surface area contributed by atoms with E-state index in [-0.39, 0.29) is 27.3 Å². The van der Waals surface area contributed by atoms with E-state index in [1.807, 2.05) is 0 Å². The van der Waals surface area contributed by atoms with Crippen LogP contribution in [-0.4, -0.2) is 16.9 Å². The smallest absolute Gasteiger partial charge is 0.114 e. The highest BCUT2D eigenvalue weighted by Gasteiger charge is 2.10. The van der Waals surface area contributed by atoms with E-state index in [2.05, 4.69) is 48.1 Å². The van der Waals surface area contributed by atoms with Crippen LogP contribution in [0.25, 0.3) is 0 Å². The minimum absolute atomic E-state index is 0. The first-order chi connectivity index (χ1) is 4.45. The van der Waals surface area contributed by atoms with Gasteiger partial charge in [0.25, 0.3) is 0 Å². The second kappa shape index (κ2) is 5.99. The van der Waals surface area contributed by atoms with Crippen LogP contribution < -0.4 is 5.32 Å². The highest BCUT2D eigenvalue weighted by molar-refractivity contribution is 9.09. The average Bonchev–Trinajstić information content (AvgIpc) is 1.81. The number of halogens is 2. The van der Waals surface area contributed by atoms with Crippen molar-refractivity contribution in [2.45, 2.75) is 31.1 Å². The van der Waals surface area contributed by atoms with Crippen molar-refractivity contribution in [3.8, 4) is 6.07 Å². The van der Waals surface area contributed by atoms with Gasteiger partial charge in [0.05, 0.1) is 6.07 Å². The molecule has 0 aliphatic carbocycles. The summed E-state index contributed by atoms with van der Waals surface area (Å²) in [6.45, 7) is 6.91. The summed E-state index contributed by atoms with van der Waals surface area (Å²) in [6.07, 6.45) is 0. The van der Waals surface area contributed by atoms with Crippen LogP contribution in [0.4, 0.5) is 0 Å². The lowest BCUT2D eigenvalue weighted by atomic mass is 10.1. The molecule has 0 aliphatic rings. The molecule has 1 atom stereocenters. The summed E-state index contributed by atoms with van der Waals surface area (Å²) in [6, 6.07) is 2.09. The third kappa shape index (κ3) is 10.4. The molecule has 0 aromatic rings. The van der Waals surface area contributed by atoms with Crippen LogP contribution in [-0.2, 0) is 0 Å². The van der Waals surface area contributed by atoms with Gasteiger partial charge in [0.1, 0.15) is 4.83 Å². The Balaban J connectivity index is 0. The van der Waals surface area contributed by atoms with E-state index in [4.69, 9.17) is 5.26 Å². The molecular formula is C7H14Br2N2. The fraction of sp³-hybridized carbons (Fsp3) is 0.857. The maximum atomic E-state index is 8.39. The van der Waals surface area contributed by atoms with Gasteiger partial charge in [-0.2, -0.15) is 5.26 Å². The van der Waals surface area contributed by atoms with Crippen molar-refractivity contribution < 1.29 is 0 Å². The summed E-state index contributed by atoms with van der Waals surface area (Å²) in [5.74, 6) is 0. The number of rotatable bonds is 2. The summed E-state index contributed by atoms with van der Waals surface area (Å²) in [5, 5.41) is 11.6. The average molecular weight is 286 g/mol. The Kier molecular flexibility index (Phi) is 7.60. The SMILES string of the molecule is Br.CC(C)(C)NCC(Br)C#N. The second-order valence-corrected chi connectivity index (χ2v) is 4.33. The first-order valence-corrected chi connectivity index (χ1v) is 4.16. The lowest BCUT2D eigenvalue weighted by Gasteiger charge is -2.20. The molecular weight excluding hydrogens is 272 g/mol. The van der Waals surface area contributed by atoms with Gasteiger partial charge in [-0.3, -0.25) is 0 Å². The number of nitrogens with one attached hydrogen (secondary N) is 1. The van der Waals surface area contributed by atoms with E-state index in [0.29, 0.717) is 6.54 Å². The van der Waals surface area contributed by atoms with E-state index in [1.165, 1.54) is 0 Å². The molecule has 11 heavy (non-hydrogen) atoms. The van der Waals surface area contributed by atoms with Crippen LogP contribution in [0.3, 0.4) is 0 Å². The summed E-state index contributed by atoms with van der Waals surface area (Å²) in [7, 11) is 0. The van der Waals surface area contributed by atoms with Crippen molar-refractivity contribution in [3.63, 3.8) is 0 Å². The Morgan fingerprint density at radius 3 is 2.27 bits per heavy atom. The molecule has 0 rings (SSSR count). The second-order valence-electron chi connectivity index (χ2n) is 3.23. The van der Waals surface area contributed by atoms with Crippen LogP contribution in [0.15, 0.2) is 0 Å². The maximum absolute atomic E-state index is 8.39. The summed E-state index contributed by atoms with van der Waals surface area (Å²) in [5.41, 5.74) is 0.100. The molecule has 66 valence electrons. The van der Waals surface area contributed by atoms with Gasteiger partial charge in [0, 0.05) is 12.1 Å². The van der Waals surface area contributed by atoms with Crippen molar-refractivity contribution in [3.05, 3.63) is 0 Å². The monoisotopic (exact) mass is 284 g/mol. The predicted molar refractivity (Wildman–Crippen MR) is 56.4 cm³/mol. The highest BCUT2D eigenvalue weighted by Crippen LogP contribution is 2.01. The van der Waals surface area contributed by atoms with Gasteiger partial charge >= 0.3 is 0 Å². The summed E-state index contributed by atoms with van der Waals surface area (Å²) >= 11 is 3.21. The molecule has 0 aromatic heterocycles. The first-order valence-electron chi connectivity index (χ1n) is 3.24. The Labute approximate surface area is 87.3 Å². The Bertz CT molecular complexity index is 134. The number of hydrogen-bond acceptors (Lipinski definition) is 2. The first kappa shape index (κ1) is 14.0. The molecule has 0 spiro atoms. The van der Waals surface area contributed by atoms with Gasteiger partial charge in [-0.25, -0.2) is 0 Å². The molecule has 0 aromatic carbocycles. The molecule has 1 unspecified atom stereocenters. The number of alkyl halides is 1. The van der Waals surface area contributed by atoms with Crippen LogP contribution in [0, 0.1) is 11.3 Å². The zero-order chi connectivity index (χ0) is 8.20. The molecule has 1 N–H and O–H groups in total. The van der Waals surface area contributed by atoms with E-state index >= 15 is 0 Å². The van der Waals surface area contributed by atoms with Gasteiger partial charge in [-0.05, 0) is 20.8 Å². The lowest BCUT2D eigenvalue weighted by molar-refractivity contribution is 0.435. The highest BCUT2D eigenvalue weighted by atomic mass is 79.9. The van der Waals surface area contributed by atoms with Crippen molar-refractivity contribution >= 4 is 32.9 Å². The number of hydrogen-bond donors (Lipinski definition) is 1. The minimum Gasteiger partial charge on any atom is -0.310 e. The van der Waals surface area contributed by atoms with Gasteiger partial charge in [0.15, 0.2) is 0 Å². The van der Waals surface area contributed by atoms with Gasteiger partial charge in [-0.15, -0.1) is 17.0 Å². The van der Waals surface area contributed by atoms with E-state index < -0.39 is 0 Å². The molecule has 0 fully saturated rings. The van der Waals surface area contributed by atoms with Crippen molar-refractivity contribution in [1.82, 2.24) is 5.32 Å². The maximum Gasteiger partial charge on any atom is 0.114 e. The molecule has 2 nitrogen and oxygen atoms in total. The van der Waals surface area contributed by atoms with E-state index in [9.17, 15) is 0 Å². The third-order valence-corrected chi connectivity index (χ3v) is 1.48. The largest absolute Gasteiger partial charge is 0.310 e. The number of nitriles is 1. The number of nitrogens with zero attached hydrogens (tertiary/aromatic N) is 1. The van der Waals surface area contributed by atoms with Crippen molar-refractivity contribution in [2.24, 2.45) is 0 Å². The van der Waals surface area contributed by atoms with Gasteiger partial charge < -0.3 is 5.32 Å². The molecule has 4 heteroatoms. The molecule has 0 saturated heterocycles. The topological polar surface area (TPSA) is 35.8 Å². The molecule has 0 saturated carbocycles. The lowest BCUT2D eigenvalue weighted by Crippen LogP contribution is -2.39. The molecule has 0 bridgehead atoms. The summed E-state index contributed by atoms with van der Waals surface area (Å²) < 4.78 is 0. The normalized spacial score (nSPS) is 13.0. The zero-order valence-corrected chi connectivity index (χ0v) is 10.3. The van der Waals surface area contributed by atoms with E-state index in [0.717, 1.165) is 0 Å². The predicted octanol–water partition coefficient (Wildman–Crippen LogP) is 2.24. The van der Waals surface area contributed by atoms with Gasteiger partial charge in [0.2, 0.25) is 0 Å². The Morgan fingerprint density at radius 2 is 2.00 bits per heavy atom. The third-order valence-electron chi connectivity index (χ3n) is 0.952. The molecule has 0 heterocycles. The Hall–Kier alpha value is 0.410. The Morgan fingerprint density at radius 1 is 1.55 bits per heavy atom. The van der Waals surface area contributed by atoms with Crippen LogP contribution in [0.1, 0.15) is 20.8 Å². The fourth-order valence-electron chi connectivity index (χ4n) is 0.441. The van der Waals surface area contributed by atoms with Crippen LogP contribution in [0.5, 0.6) is 0 Å². The van der Waals surface area contributed by atoms with Crippen molar-refractivity contribution in [2.75, 3.05) is 6.54 Å². The minimum atomic E-state index is -0.0771. The fourth-order valence-corrected chi connectivity index (χ4v) is 0.603. The standard InChI is InChI=1S/C7H13BrN2.BrH/c1-7(2,3)10-5-6(8)4-9;/h6,10H,5H2,1-3H3;1H. The van der Waals surface area contributed by atoms with E-state index in [1.54, 1.807) is 0 Å². The van der Waals surface area contributed by atoms with Crippen LogP contribution >= 0.6 is 32.9 Å². The van der Waals surface area contributed by atoms with Gasteiger partial charge in [-0.1, -0.05) is 15.9 Å². The molecule has 0 amide bonds. The zero-order valence-electron chi connectivity index (χ0n) is 7.02.